The number of likely N-dealkylation sites (tertiary alicyclic amines) is 1. The van der Waals surface area contributed by atoms with E-state index in [1.165, 1.54) is 48.8 Å². The monoisotopic (exact) mass is 506 g/mol. The summed E-state index contributed by atoms with van der Waals surface area (Å²) in [6.45, 7) is 2.13. The van der Waals surface area contributed by atoms with Crippen molar-refractivity contribution >= 4 is 44.4 Å². The Kier molecular flexibility index (Phi) is 5.05. The van der Waals surface area contributed by atoms with E-state index in [0.717, 1.165) is 37.0 Å². The van der Waals surface area contributed by atoms with Crippen molar-refractivity contribution in [3.05, 3.63) is 125 Å². The second kappa shape index (κ2) is 8.65. The van der Waals surface area contributed by atoms with Crippen LogP contribution in [-0.4, -0.2) is 35.5 Å². The van der Waals surface area contributed by atoms with Gasteiger partial charge in [0.05, 0.1) is 5.52 Å². The fourth-order valence-corrected chi connectivity index (χ4v) is 7.12. The molecule has 1 aliphatic carbocycles. The average Bonchev–Trinajstić information content (AvgIpc) is 3.59. The first-order valence-electron chi connectivity index (χ1n) is 14.0. The molecule has 2 heterocycles. The summed E-state index contributed by atoms with van der Waals surface area (Å²) in [4.78, 5) is 16.0. The Morgan fingerprint density at radius 3 is 2.46 bits per heavy atom. The van der Waals surface area contributed by atoms with Gasteiger partial charge in [0.25, 0.3) is 5.91 Å². The predicted molar refractivity (Wildman–Crippen MR) is 161 cm³/mol. The molecule has 0 N–H and O–H groups in total. The molecular weight excluding hydrogens is 476 g/mol. The molecule has 1 saturated heterocycles. The Bertz CT molecular complexity index is 1950. The number of carbonyl (C=O) groups is 1. The van der Waals surface area contributed by atoms with Gasteiger partial charge in [0, 0.05) is 29.6 Å². The lowest BCUT2D eigenvalue weighted by molar-refractivity contribution is 0.0965. The zero-order chi connectivity index (χ0) is 26.1. The third-order valence-corrected chi connectivity index (χ3v) is 9.07. The number of likely N-dealkylation sites (N-methyl/N-ethyl adjacent to an activating group) is 1. The van der Waals surface area contributed by atoms with Crippen molar-refractivity contribution in [2.75, 3.05) is 20.1 Å². The molecule has 1 aromatic heterocycles. The number of fused-ring (bicyclic) bond motifs is 1. The first-order valence-corrected chi connectivity index (χ1v) is 14.0. The minimum Gasteiger partial charge on any atom is -0.306 e. The van der Waals surface area contributed by atoms with Crippen molar-refractivity contribution in [3.8, 4) is 0 Å². The Morgan fingerprint density at radius 2 is 1.67 bits per heavy atom. The summed E-state index contributed by atoms with van der Waals surface area (Å²) in [5, 5.41) is 7.99. The normalized spacial score (nSPS) is 19.2. The van der Waals surface area contributed by atoms with Crippen LogP contribution in [0.4, 0.5) is 0 Å². The second-order valence-electron chi connectivity index (χ2n) is 11.5. The van der Waals surface area contributed by atoms with Crippen LogP contribution in [-0.2, 0) is 6.42 Å². The van der Waals surface area contributed by atoms with Gasteiger partial charge < -0.3 is 4.90 Å². The Labute approximate surface area is 228 Å². The van der Waals surface area contributed by atoms with Crippen LogP contribution < -0.4 is 5.22 Å². The van der Waals surface area contributed by atoms with E-state index in [1.807, 2.05) is 34.9 Å². The van der Waals surface area contributed by atoms with Crippen LogP contribution >= 0.6 is 0 Å². The lowest BCUT2D eigenvalue weighted by Gasteiger charge is -2.22. The molecule has 3 nitrogen and oxygen atoms in total. The number of hydrogen-bond donors (Lipinski definition) is 0. The maximum absolute atomic E-state index is 13.6. The fraction of sp³-hybridized carbons (Fsp3) is 0.194. The Morgan fingerprint density at radius 1 is 0.846 bits per heavy atom. The minimum atomic E-state index is 0.0367. The van der Waals surface area contributed by atoms with Crippen molar-refractivity contribution < 1.29 is 4.79 Å². The van der Waals surface area contributed by atoms with Crippen molar-refractivity contribution in [2.24, 2.45) is 0 Å². The zero-order valence-electron chi connectivity index (χ0n) is 22.1. The molecule has 0 amide bonds. The molecule has 2 atom stereocenters. The molecule has 1 fully saturated rings. The van der Waals surface area contributed by atoms with Crippen LogP contribution in [0, 0.1) is 0 Å². The van der Waals surface area contributed by atoms with Gasteiger partial charge in [0.15, 0.2) is 0 Å². The average molecular weight is 507 g/mol. The number of aromatic nitrogens is 1. The van der Waals surface area contributed by atoms with Crippen molar-refractivity contribution in [2.45, 2.75) is 24.7 Å². The topological polar surface area (TPSA) is 25.2 Å². The molecule has 190 valence electrons. The van der Waals surface area contributed by atoms with E-state index in [2.05, 4.69) is 84.9 Å². The third kappa shape index (κ3) is 3.57. The maximum Gasteiger partial charge on any atom is 0.262 e. The molecule has 2 aliphatic rings. The molecular formula is C36H30N2O. The smallest absolute Gasteiger partial charge is 0.262 e. The van der Waals surface area contributed by atoms with E-state index in [0.29, 0.717) is 11.8 Å². The molecule has 0 radical (unpaired) electrons. The number of benzene rings is 5. The third-order valence-electron chi connectivity index (χ3n) is 9.07. The molecule has 0 saturated carbocycles. The van der Waals surface area contributed by atoms with Gasteiger partial charge in [-0.3, -0.25) is 9.36 Å². The van der Waals surface area contributed by atoms with Crippen LogP contribution in [0.25, 0.3) is 38.5 Å². The first kappa shape index (κ1) is 22.7. The second-order valence-corrected chi connectivity index (χ2v) is 11.5. The van der Waals surface area contributed by atoms with Crippen LogP contribution in [0.15, 0.2) is 97.2 Å². The molecule has 3 heteroatoms. The molecule has 2 unspecified atom stereocenters. The van der Waals surface area contributed by atoms with E-state index in [-0.39, 0.29) is 5.91 Å². The molecule has 1 aliphatic heterocycles. The first-order chi connectivity index (χ1) is 19.1. The van der Waals surface area contributed by atoms with E-state index in [1.54, 1.807) is 0 Å². The van der Waals surface area contributed by atoms with Crippen LogP contribution in [0.2, 0.25) is 0 Å². The molecule has 39 heavy (non-hydrogen) atoms. The van der Waals surface area contributed by atoms with Gasteiger partial charge in [-0.1, -0.05) is 72.8 Å². The molecule has 0 bridgehead atoms. The number of hydrogen-bond acceptors (Lipinski definition) is 2. The Balaban J connectivity index is 1.28. The van der Waals surface area contributed by atoms with E-state index in [9.17, 15) is 4.79 Å². The number of carbonyl (C=O) groups excluding carboxylic acids is 1. The number of rotatable bonds is 3. The van der Waals surface area contributed by atoms with Crippen molar-refractivity contribution in [1.29, 1.82) is 0 Å². The highest BCUT2D eigenvalue weighted by Gasteiger charge is 2.27. The molecule has 5 aromatic carbocycles. The summed E-state index contributed by atoms with van der Waals surface area (Å²) in [6.07, 6.45) is 6.71. The lowest BCUT2D eigenvalue weighted by atomic mass is 9.82. The highest BCUT2D eigenvalue weighted by molar-refractivity contribution is 6.12. The summed E-state index contributed by atoms with van der Waals surface area (Å²) in [5.74, 6) is 0.778. The minimum absolute atomic E-state index is 0.0367. The van der Waals surface area contributed by atoms with Crippen LogP contribution in [0.1, 0.15) is 45.3 Å². The van der Waals surface area contributed by atoms with Crippen molar-refractivity contribution in [3.63, 3.8) is 0 Å². The van der Waals surface area contributed by atoms with Gasteiger partial charge in [0.1, 0.15) is 0 Å². The lowest BCUT2D eigenvalue weighted by Crippen LogP contribution is -2.16. The summed E-state index contributed by atoms with van der Waals surface area (Å²) in [7, 11) is 2.19. The maximum atomic E-state index is 13.6. The molecule has 8 rings (SSSR count). The van der Waals surface area contributed by atoms with Gasteiger partial charge in [-0.15, -0.1) is 0 Å². The van der Waals surface area contributed by atoms with E-state index in [4.69, 9.17) is 0 Å². The van der Waals surface area contributed by atoms with Crippen LogP contribution in [0.5, 0.6) is 0 Å². The van der Waals surface area contributed by atoms with Crippen molar-refractivity contribution in [1.82, 2.24) is 9.47 Å². The summed E-state index contributed by atoms with van der Waals surface area (Å²) >= 11 is 0. The highest BCUT2D eigenvalue weighted by atomic mass is 16.2. The molecule has 0 spiro atoms. The summed E-state index contributed by atoms with van der Waals surface area (Å²) in [5.41, 5.74) is 5.78. The SMILES string of the molecule is CN1CCC(c2cn(C(=O)c3ccccc3)c3ccc(C4C=c5ccc6cccc7ccc(c5c76)C4)cc23)C1. The summed E-state index contributed by atoms with van der Waals surface area (Å²) < 4.78 is 1.88. The van der Waals surface area contributed by atoms with Gasteiger partial charge in [-0.2, -0.15) is 0 Å². The summed E-state index contributed by atoms with van der Waals surface area (Å²) in [6, 6.07) is 32.2. The van der Waals surface area contributed by atoms with E-state index >= 15 is 0 Å². The van der Waals surface area contributed by atoms with Gasteiger partial charge in [-0.25, -0.2) is 0 Å². The largest absolute Gasteiger partial charge is 0.306 e. The van der Waals surface area contributed by atoms with E-state index < -0.39 is 0 Å². The Hall–Kier alpha value is -4.21. The van der Waals surface area contributed by atoms with Crippen LogP contribution in [0.3, 0.4) is 0 Å². The standard InChI is InChI=1S/C36H30N2O/c1-37-17-16-29(21-37)32-22-38(36(39)25-6-3-2-4-7-25)33-15-14-26(20-31(32)33)30-18-27-12-10-23-8-5-9-24-11-13-28(19-30)35(27)34(23)24/h2-15,18,20,22,29-30H,16-17,19,21H2,1H3. The molecule has 6 aromatic rings. The van der Waals surface area contributed by atoms with Gasteiger partial charge >= 0.3 is 0 Å². The fourth-order valence-electron chi connectivity index (χ4n) is 7.12. The predicted octanol–water partition coefficient (Wildman–Crippen LogP) is 6.89. The zero-order valence-corrected chi connectivity index (χ0v) is 22.1. The quantitative estimate of drug-likeness (QED) is 0.261. The van der Waals surface area contributed by atoms with Gasteiger partial charge in [-0.05, 0) is 100 Å². The number of nitrogens with zero attached hydrogens (tertiary/aromatic N) is 2. The highest BCUT2D eigenvalue weighted by Crippen LogP contribution is 2.38. The van der Waals surface area contributed by atoms with Gasteiger partial charge in [0.2, 0.25) is 0 Å².